The predicted octanol–water partition coefficient (Wildman–Crippen LogP) is 2.50. The van der Waals surface area contributed by atoms with Gasteiger partial charge in [-0.15, -0.1) is 0 Å². The average Bonchev–Trinajstić information content (AvgIpc) is 3.03. The van der Waals surface area contributed by atoms with Crippen LogP contribution in [0.4, 0.5) is 4.79 Å². The summed E-state index contributed by atoms with van der Waals surface area (Å²) in [4.78, 5) is 18.4. The Labute approximate surface area is 150 Å². The first kappa shape index (κ1) is 17.8. The Morgan fingerprint density at radius 1 is 1.36 bits per heavy atom. The number of ether oxygens (including phenoxy) is 3. The van der Waals surface area contributed by atoms with E-state index in [1.54, 1.807) is 14.2 Å². The second kappa shape index (κ2) is 8.35. The summed E-state index contributed by atoms with van der Waals surface area (Å²) >= 11 is 1.52. The fraction of sp³-hybridized carbons (Fsp3) is 0.529. The molecular weight excluding hydrogens is 342 g/mol. The van der Waals surface area contributed by atoms with Gasteiger partial charge < -0.3 is 24.4 Å². The van der Waals surface area contributed by atoms with Crippen molar-refractivity contribution in [3.05, 3.63) is 18.2 Å². The van der Waals surface area contributed by atoms with Crippen LogP contribution in [-0.2, 0) is 4.74 Å². The second-order valence-corrected chi connectivity index (χ2v) is 6.84. The smallest absolute Gasteiger partial charge is 0.317 e. The molecule has 0 radical (unpaired) electrons. The van der Waals surface area contributed by atoms with Crippen molar-refractivity contribution in [1.82, 2.24) is 15.2 Å². The second-order valence-electron chi connectivity index (χ2n) is 5.84. The van der Waals surface area contributed by atoms with Crippen molar-refractivity contribution < 1.29 is 19.0 Å². The van der Waals surface area contributed by atoms with Crippen LogP contribution in [0.25, 0.3) is 10.2 Å². The van der Waals surface area contributed by atoms with E-state index in [4.69, 9.17) is 14.2 Å². The molecule has 0 unspecified atom stereocenters. The minimum atomic E-state index is -0.0393. The average molecular weight is 365 g/mol. The first-order chi connectivity index (χ1) is 12.2. The number of methoxy groups -OCH3 is 2. The Bertz CT molecular complexity index is 713. The number of carbonyl (C=O) groups excluding carboxylic acids is 1. The maximum absolute atomic E-state index is 12.0. The summed E-state index contributed by atoms with van der Waals surface area (Å²) in [7, 11) is 3.27. The number of benzene rings is 1. The third-order valence-electron chi connectivity index (χ3n) is 4.16. The molecular formula is C17H23N3O4S. The van der Waals surface area contributed by atoms with E-state index in [0.717, 1.165) is 28.8 Å². The number of hydrogen-bond acceptors (Lipinski definition) is 6. The van der Waals surface area contributed by atoms with E-state index in [1.165, 1.54) is 11.3 Å². The number of fused-ring (bicyclic) bond motifs is 1. The van der Waals surface area contributed by atoms with Gasteiger partial charge >= 0.3 is 6.03 Å². The molecule has 1 N–H and O–H groups in total. The number of aromatic nitrogens is 1. The summed E-state index contributed by atoms with van der Waals surface area (Å²) < 4.78 is 17.2. The molecule has 1 fully saturated rings. The standard InChI is InChI=1S/C17H23N3O4S/c1-22-10-7-18-16(21)20-8-5-12(6-9-20)24-17-19-14-4-3-13(23-2)11-15(14)25-17/h3-4,11-12H,5-10H2,1-2H3,(H,18,21). The minimum Gasteiger partial charge on any atom is -0.497 e. The Hall–Kier alpha value is -2.06. The molecule has 8 heteroatoms. The van der Waals surface area contributed by atoms with Crippen molar-refractivity contribution in [2.24, 2.45) is 0 Å². The first-order valence-corrected chi connectivity index (χ1v) is 9.14. The molecule has 0 spiro atoms. The van der Waals surface area contributed by atoms with E-state index in [2.05, 4.69) is 10.3 Å². The Balaban J connectivity index is 1.51. The van der Waals surface area contributed by atoms with Crippen LogP contribution < -0.4 is 14.8 Å². The summed E-state index contributed by atoms with van der Waals surface area (Å²) in [6.07, 6.45) is 1.69. The van der Waals surface area contributed by atoms with E-state index in [-0.39, 0.29) is 12.1 Å². The molecule has 1 aliphatic rings. The van der Waals surface area contributed by atoms with Gasteiger partial charge in [0.2, 0.25) is 0 Å². The van der Waals surface area contributed by atoms with Crippen molar-refractivity contribution in [2.75, 3.05) is 40.5 Å². The van der Waals surface area contributed by atoms with E-state index in [0.29, 0.717) is 31.4 Å². The molecule has 3 rings (SSSR count). The number of thiazole rings is 1. The Morgan fingerprint density at radius 3 is 2.88 bits per heavy atom. The lowest BCUT2D eigenvalue weighted by Crippen LogP contribution is -2.47. The zero-order valence-electron chi connectivity index (χ0n) is 14.5. The Morgan fingerprint density at radius 2 is 2.16 bits per heavy atom. The fourth-order valence-corrected chi connectivity index (χ4v) is 3.66. The van der Waals surface area contributed by atoms with Crippen molar-refractivity contribution in [3.8, 4) is 10.9 Å². The predicted molar refractivity (Wildman–Crippen MR) is 96.7 cm³/mol. The SMILES string of the molecule is COCCNC(=O)N1CCC(Oc2nc3ccc(OC)cc3s2)CC1. The first-order valence-electron chi connectivity index (χ1n) is 8.32. The van der Waals surface area contributed by atoms with Crippen LogP contribution in [0.15, 0.2) is 18.2 Å². The summed E-state index contributed by atoms with van der Waals surface area (Å²) in [6.45, 7) is 2.42. The maximum atomic E-state index is 12.0. The number of rotatable bonds is 6. The molecule has 0 saturated carbocycles. The Kier molecular flexibility index (Phi) is 5.93. The normalized spacial score (nSPS) is 15.4. The highest BCUT2D eigenvalue weighted by Gasteiger charge is 2.24. The molecule has 0 atom stereocenters. The molecule has 136 valence electrons. The number of likely N-dealkylation sites (tertiary alicyclic amines) is 1. The van der Waals surface area contributed by atoms with E-state index < -0.39 is 0 Å². The van der Waals surface area contributed by atoms with Crippen molar-refractivity contribution >= 4 is 27.6 Å². The van der Waals surface area contributed by atoms with Gasteiger partial charge in [-0.05, 0) is 18.2 Å². The van der Waals surface area contributed by atoms with Crippen molar-refractivity contribution in [1.29, 1.82) is 0 Å². The van der Waals surface area contributed by atoms with Gasteiger partial charge in [0.1, 0.15) is 11.9 Å². The number of nitrogens with zero attached hydrogens (tertiary/aromatic N) is 2. The van der Waals surface area contributed by atoms with Gasteiger partial charge in [0.05, 0.1) is 23.9 Å². The summed E-state index contributed by atoms with van der Waals surface area (Å²) in [5.74, 6) is 0.815. The molecule has 2 amide bonds. The van der Waals surface area contributed by atoms with Gasteiger partial charge in [0.15, 0.2) is 0 Å². The highest BCUT2D eigenvalue weighted by Crippen LogP contribution is 2.32. The number of piperidine rings is 1. The molecule has 1 aliphatic heterocycles. The lowest BCUT2D eigenvalue weighted by Gasteiger charge is -2.31. The van der Waals surface area contributed by atoms with Gasteiger partial charge in [0.25, 0.3) is 5.19 Å². The number of carbonyl (C=O) groups is 1. The third-order valence-corrected chi connectivity index (χ3v) is 5.06. The highest BCUT2D eigenvalue weighted by molar-refractivity contribution is 7.20. The minimum absolute atomic E-state index is 0.0393. The zero-order valence-corrected chi connectivity index (χ0v) is 15.3. The molecule has 1 aromatic heterocycles. The molecule has 2 heterocycles. The molecule has 2 aromatic rings. The van der Waals surface area contributed by atoms with Crippen LogP contribution in [0.5, 0.6) is 10.9 Å². The lowest BCUT2D eigenvalue weighted by atomic mass is 10.1. The monoisotopic (exact) mass is 365 g/mol. The van der Waals surface area contributed by atoms with E-state index in [1.807, 2.05) is 23.1 Å². The van der Waals surface area contributed by atoms with Crippen LogP contribution in [0.3, 0.4) is 0 Å². The number of hydrogen-bond donors (Lipinski definition) is 1. The van der Waals surface area contributed by atoms with Gasteiger partial charge in [0, 0.05) is 39.6 Å². The summed E-state index contributed by atoms with van der Waals surface area (Å²) in [6, 6.07) is 5.76. The summed E-state index contributed by atoms with van der Waals surface area (Å²) in [5.41, 5.74) is 0.913. The molecule has 1 aromatic carbocycles. The molecule has 0 bridgehead atoms. The maximum Gasteiger partial charge on any atom is 0.317 e. The van der Waals surface area contributed by atoms with E-state index in [9.17, 15) is 4.79 Å². The number of nitrogens with one attached hydrogen (secondary N) is 1. The number of urea groups is 1. The van der Waals surface area contributed by atoms with Gasteiger partial charge in [-0.1, -0.05) is 11.3 Å². The van der Waals surface area contributed by atoms with Gasteiger partial charge in [-0.2, -0.15) is 0 Å². The zero-order chi connectivity index (χ0) is 17.6. The summed E-state index contributed by atoms with van der Waals surface area (Å²) in [5, 5.41) is 3.52. The van der Waals surface area contributed by atoms with Crippen molar-refractivity contribution in [3.63, 3.8) is 0 Å². The molecule has 1 saturated heterocycles. The van der Waals surface area contributed by atoms with Gasteiger partial charge in [-0.25, -0.2) is 9.78 Å². The van der Waals surface area contributed by atoms with Crippen LogP contribution in [-0.4, -0.2) is 62.5 Å². The molecule has 0 aliphatic carbocycles. The van der Waals surface area contributed by atoms with Crippen LogP contribution in [0, 0.1) is 0 Å². The van der Waals surface area contributed by atoms with E-state index >= 15 is 0 Å². The van der Waals surface area contributed by atoms with Crippen LogP contribution in [0.2, 0.25) is 0 Å². The third kappa shape index (κ3) is 4.52. The topological polar surface area (TPSA) is 72.9 Å². The lowest BCUT2D eigenvalue weighted by molar-refractivity contribution is 0.109. The van der Waals surface area contributed by atoms with Crippen molar-refractivity contribution in [2.45, 2.75) is 18.9 Å². The van der Waals surface area contributed by atoms with Crippen LogP contribution in [0.1, 0.15) is 12.8 Å². The quantitative estimate of drug-likeness (QED) is 0.797. The molecule has 25 heavy (non-hydrogen) atoms. The highest BCUT2D eigenvalue weighted by atomic mass is 32.1. The largest absolute Gasteiger partial charge is 0.497 e. The van der Waals surface area contributed by atoms with Crippen LogP contribution >= 0.6 is 11.3 Å². The molecule has 7 nitrogen and oxygen atoms in total. The van der Waals surface area contributed by atoms with Gasteiger partial charge in [-0.3, -0.25) is 0 Å². The number of amides is 2. The fourth-order valence-electron chi connectivity index (χ4n) is 2.75.